The van der Waals surface area contributed by atoms with Gasteiger partial charge < -0.3 is 40.7 Å². The van der Waals surface area contributed by atoms with Crippen molar-refractivity contribution in [1.82, 2.24) is 0 Å². The van der Waals surface area contributed by atoms with E-state index in [4.69, 9.17) is 36.2 Å². The van der Waals surface area contributed by atoms with Crippen LogP contribution in [-0.2, 0) is 23.9 Å². The molecular formula is C40H59N7O8. The number of unbranched alkanes of at least 4 members (excludes halogenated alkanes) is 2. The largest absolute Gasteiger partial charge is 0.495 e. The van der Waals surface area contributed by atoms with Gasteiger partial charge in [0.15, 0.2) is 0 Å². The molecule has 2 aromatic carbocycles. The standard InChI is InChI=1S/C20H31N3O5.C9H18O.C8H4N4O2.C3H6/c1-4-20(25)28-12-8-6-10-23(9-5-7-11-27-15-24)18-14-17(22-2)16(21)13-19(18)26-3;1-8(5-6-10)7-9(2,3)4;9-3-5-1-7(12(13)14)2-6(4-10)8(5)11;1-3-2/h4,13-15,22H,1,5-12,21H2,2-3H3;6,8H,5,7H2,1-4H3;1-2H,11H2;3H,1H2,2H3. The monoisotopic (exact) mass is 765 g/mol. The lowest BCUT2D eigenvalue weighted by molar-refractivity contribution is -0.384. The van der Waals surface area contributed by atoms with Gasteiger partial charge >= 0.3 is 5.97 Å². The van der Waals surface area contributed by atoms with E-state index >= 15 is 0 Å². The van der Waals surface area contributed by atoms with Gasteiger partial charge in [-0.05, 0) is 56.4 Å². The van der Waals surface area contributed by atoms with Crippen molar-refractivity contribution in [2.75, 3.05) is 62.1 Å². The number of carbonyl (C=O) groups excluding carboxylic acids is 3. The first-order valence-electron chi connectivity index (χ1n) is 17.7. The normalized spacial score (nSPS) is 10.3. The van der Waals surface area contributed by atoms with Gasteiger partial charge in [0, 0.05) is 50.8 Å². The molecule has 0 radical (unpaired) electrons. The highest BCUT2D eigenvalue weighted by atomic mass is 16.6. The minimum absolute atomic E-state index is 0.0272. The second-order valence-corrected chi connectivity index (χ2v) is 13.2. The minimum Gasteiger partial charge on any atom is -0.495 e. The Morgan fingerprint density at radius 2 is 1.58 bits per heavy atom. The van der Waals surface area contributed by atoms with Crippen LogP contribution in [0.2, 0.25) is 0 Å². The number of nitrogens with zero attached hydrogens (tertiary/aromatic N) is 4. The molecule has 15 nitrogen and oxygen atoms in total. The Balaban J connectivity index is 0. The molecule has 0 saturated carbocycles. The van der Waals surface area contributed by atoms with Gasteiger partial charge in [0.1, 0.15) is 24.2 Å². The number of hydrogen-bond donors (Lipinski definition) is 3. The molecule has 0 aliphatic rings. The molecular weight excluding hydrogens is 706 g/mol. The van der Waals surface area contributed by atoms with Crippen LogP contribution in [0.15, 0.2) is 49.6 Å². The molecule has 0 aliphatic heterocycles. The number of esters is 1. The molecule has 1 unspecified atom stereocenters. The van der Waals surface area contributed by atoms with E-state index in [0.29, 0.717) is 48.9 Å². The van der Waals surface area contributed by atoms with E-state index in [-0.39, 0.29) is 22.5 Å². The number of nitrogens with two attached hydrogens (primary N) is 2. The number of methoxy groups -OCH3 is 1. The van der Waals surface area contributed by atoms with Crippen LogP contribution in [0.1, 0.15) is 84.3 Å². The highest BCUT2D eigenvalue weighted by Gasteiger charge is 2.17. The third-order valence-corrected chi connectivity index (χ3v) is 7.28. The average Bonchev–Trinajstić information content (AvgIpc) is 3.13. The third kappa shape index (κ3) is 22.6. The molecule has 2 rings (SSSR count). The van der Waals surface area contributed by atoms with Crippen molar-refractivity contribution in [3.8, 4) is 17.9 Å². The van der Waals surface area contributed by atoms with Gasteiger partial charge in [-0.1, -0.05) is 40.3 Å². The third-order valence-electron chi connectivity index (χ3n) is 7.28. The van der Waals surface area contributed by atoms with Crippen LogP contribution in [0, 0.1) is 44.1 Å². The Kier molecular flexibility index (Phi) is 27.2. The van der Waals surface area contributed by atoms with E-state index in [1.807, 2.05) is 20.0 Å². The predicted molar refractivity (Wildman–Crippen MR) is 218 cm³/mol. The second kappa shape index (κ2) is 29.4. The maximum Gasteiger partial charge on any atom is 0.330 e. The SMILES string of the molecule is C=CC.C=CC(=O)OCCCCN(CCCCOC=O)c1cc(NC)c(N)cc1OC.CC(CC=O)CC(C)(C)C.N#Cc1cc([N+](=O)[O-])cc(C#N)c1N. The smallest absolute Gasteiger partial charge is 0.330 e. The molecule has 0 amide bonds. The first-order valence-corrected chi connectivity index (χ1v) is 17.7. The van der Waals surface area contributed by atoms with Gasteiger partial charge in [-0.2, -0.15) is 10.5 Å². The lowest BCUT2D eigenvalue weighted by Gasteiger charge is -2.27. The molecule has 0 spiro atoms. The summed E-state index contributed by atoms with van der Waals surface area (Å²) in [5.41, 5.74) is 13.7. The molecule has 0 heterocycles. The molecule has 0 saturated heterocycles. The Labute approximate surface area is 326 Å². The first-order chi connectivity index (χ1) is 26.0. The zero-order valence-electron chi connectivity index (χ0n) is 33.4. The molecule has 1 atom stereocenters. The van der Waals surface area contributed by atoms with E-state index in [0.717, 1.165) is 81.1 Å². The number of benzene rings is 2. The van der Waals surface area contributed by atoms with Gasteiger partial charge in [-0.3, -0.25) is 14.9 Å². The summed E-state index contributed by atoms with van der Waals surface area (Å²) in [6.07, 6.45) is 8.94. The zero-order chi connectivity index (χ0) is 42.4. The van der Waals surface area contributed by atoms with E-state index in [9.17, 15) is 24.5 Å². The summed E-state index contributed by atoms with van der Waals surface area (Å²) in [7, 11) is 3.43. The Morgan fingerprint density at radius 3 is 2.00 bits per heavy atom. The van der Waals surface area contributed by atoms with E-state index in [2.05, 4.69) is 51.1 Å². The van der Waals surface area contributed by atoms with E-state index < -0.39 is 10.9 Å². The maximum absolute atomic E-state index is 11.1. The lowest BCUT2D eigenvalue weighted by atomic mass is 9.84. The summed E-state index contributed by atoms with van der Waals surface area (Å²) in [6, 6.07) is 9.21. The number of hydrogen-bond acceptors (Lipinski definition) is 14. The summed E-state index contributed by atoms with van der Waals surface area (Å²) >= 11 is 0. The molecule has 0 bridgehead atoms. The fraction of sp³-hybridized carbons (Fsp3) is 0.475. The van der Waals surface area contributed by atoms with Crippen molar-refractivity contribution >= 4 is 47.2 Å². The summed E-state index contributed by atoms with van der Waals surface area (Å²) in [5, 5.41) is 30.6. The number of rotatable bonds is 19. The number of ether oxygens (including phenoxy) is 3. The molecule has 5 N–H and O–H groups in total. The van der Waals surface area contributed by atoms with Gasteiger partial charge in [0.05, 0.1) is 59.1 Å². The van der Waals surface area contributed by atoms with E-state index in [1.54, 1.807) is 31.4 Å². The van der Waals surface area contributed by atoms with Crippen LogP contribution in [0.5, 0.6) is 5.75 Å². The molecule has 15 heteroatoms. The number of allylic oxidation sites excluding steroid dienone is 1. The van der Waals surface area contributed by atoms with Gasteiger partial charge in [-0.25, -0.2) is 4.79 Å². The molecule has 0 aliphatic carbocycles. The van der Waals surface area contributed by atoms with Gasteiger partial charge in [0.2, 0.25) is 0 Å². The molecule has 2 aromatic rings. The summed E-state index contributed by atoms with van der Waals surface area (Å²) in [5.74, 6) is 0.821. The maximum atomic E-state index is 11.1. The van der Waals surface area contributed by atoms with Crippen LogP contribution in [0.4, 0.5) is 28.4 Å². The molecule has 55 heavy (non-hydrogen) atoms. The minimum atomic E-state index is -0.679. The summed E-state index contributed by atoms with van der Waals surface area (Å²) in [6.45, 7) is 20.1. The lowest BCUT2D eigenvalue weighted by Crippen LogP contribution is -2.27. The highest BCUT2D eigenvalue weighted by Crippen LogP contribution is 2.36. The summed E-state index contributed by atoms with van der Waals surface area (Å²) < 4.78 is 15.3. The van der Waals surface area contributed by atoms with Crippen molar-refractivity contribution in [3.05, 3.63) is 70.8 Å². The second-order valence-electron chi connectivity index (χ2n) is 13.2. The van der Waals surface area contributed by atoms with Gasteiger partial charge in [0.25, 0.3) is 12.2 Å². The highest BCUT2D eigenvalue weighted by molar-refractivity contribution is 5.81. The van der Waals surface area contributed by atoms with E-state index in [1.165, 1.54) is 0 Å². The molecule has 0 fully saturated rings. The van der Waals surface area contributed by atoms with Gasteiger partial charge in [-0.15, -0.1) is 6.58 Å². The number of nitrogen functional groups attached to an aromatic ring is 2. The first kappa shape index (κ1) is 51.0. The van der Waals surface area contributed by atoms with Crippen molar-refractivity contribution in [1.29, 1.82) is 10.5 Å². The van der Waals surface area contributed by atoms with Crippen LogP contribution < -0.4 is 26.4 Å². The Hall–Kier alpha value is -6.09. The Morgan fingerprint density at radius 1 is 1.04 bits per heavy atom. The Bertz CT molecular complexity index is 1560. The van der Waals surface area contributed by atoms with Crippen LogP contribution in [0.25, 0.3) is 0 Å². The number of nitro groups is 1. The number of non-ortho nitro benzene ring substituents is 1. The van der Waals surface area contributed by atoms with Crippen LogP contribution in [0.3, 0.4) is 0 Å². The molecule has 302 valence electrons. The van der Waals surface area contributed by atoms with Crippen molar-refractivity contribution < 1.29 is 33.5 Å². The number of anilines is 4. The predicted octanol–water partition coefficient (Wildman–Crippen LogP) is 7.35. The fourth-order valence-electron chi connectivity index (χ4n) is 4.96. The number of carbonyl (C=O) groups is 3. The van der Waals surface area contributed by atoms with Crippen molar-refractivity contribution in [2.45, 2.75) is 73.1 Å². The van der Waals surface area contributed by atoms with Crippen molar-refractivity contribution in [2.24, 2.45) is 11.3 Å². The fourth-order valence-corrected chi connectivity index (χ4v) is 4.96. The average molecular weight is 766 g/mol. The molecule has 0 aromatic heterocycles. The quantitative estimate of drug-likeness (QED) is 0.0185. The number of nitrogens with one attached hydrogen (secondary N) is 1. The summed E-state index contributed by atoms with van der Waals surface area (Å²) in [4.78, 5) is 43.4. The topological polar surface area (TPSA) is 237 Å². The zero-order valence-corrected chi connectivity index (χ0v) is 33.4. The van der Waals surface area contributed by atoms with Crippen molar-refractivity contribution in [3.63, 3.8) is 0 Å². The number of nitro benzene ring substituents is 1. The number of aldehydes is 1. The van der Waals surface area contributed by atoms with Crippen LogP contribution >= 0.6 is 0 Å². The number of nitriles is 2. The van der Waals surface area contributed by atoms with Crippen LogP contribution in [-0.4, -0.2) is 64.1 Å².